The maximum Gasteiger partial charge on any atom is 0.265 e. The van der Waals surface area contributed by atoms with Gasteiger partial charge in [-0.25, -0.2) is 0 Å². The molecule has 0 atom stereocenters. The minimum atomic E-state index is -0.420. The first-order chi connectivity index (χ1) is 10.6. The van der Waals surface area contributed by atoms with Gasteiger partial charge in [0.2, 0.25) is 5.91 Å². The molecule has 1 aromatic carbocycles. The molecule has 0 aliphatic heterocycles. The Kier molecular flexibility index (Phi) is 3.88. The number of anilines is 1. The van der Waals surface area contributed by atoms with Gasteiger partial charge in [-0.15, -0.1) is 0 Å². The van der Waals surface area contributed by atoms with Crippen LogP contribution >= 0.6 is 0 Å². The number of carbonyl (C=O) groups is 2. The second-order valence-corrected chi connectivity index (χ2v) is 5.94. The quantitative estimate of drug-likeness (QED) is 0.860. The predicted octanol–water partition coefficient (Wildman–Crippen LogP) is 2.89. The zero-order valence-corrected chi connectivity index (χ0v) is 12.8. The highest BCUT2D eigenvalue weighted by Crippen LogP contribution is 2.31. The average Bonchev–Trinajstić information content (AvgIpc) is 3.27. The molecular weight excluding hydrogens is 278 g/mol. The Morgan fingerprint density at radius 2 is 2.09 bits per heavy atom. The van der Waals surface area contributed by atoms with E-state index >= 15 is 0 Å². The molecule has 1 saturated carbocycles. The van der Waals surface area contributed by atoms with Crippen molar-refractivity contribution in [3.05, 3.63) is 30.0 Å². The van der Waals surface area contributed by atoms with Gasteiger partial charge < -0.3 is 15.6 Å². The molecule has 5 heteroatoms. The minimum absolute atomic E-state index is 0.0832. The molecule has 1 aromatic heterocycles. The lowest BCUT2D eigenvalue weighted by molar-refractivity contribution is -0.117. The van der Waals surface area contributed by atoms with Crippen molar-refractivity contribution < 1.29 is 9.59 Å². The molecular formula is C17H21N3O2. The van der Waals surface area contributed by atoms with Gasteiger partial charge in [-0.05, 0) is 43.5 Å². The van der Waals surface area contributed by atoms with E-state index in [9.17, 15) is 9.59 Å². The summed E-state index contributed by atoms with van der Waals surface area (Å²) in [5.41, 5.74) is 7.76. The molecule has 1 heterocycles. The van der Waals surface area contributed by atoms with E-state index in [4.69, 9.17) is 5.73 Å². The van der Waals surface area contributed by atoms with Crippen molar-refractivity contribution in [3.8, 4) is 0 Å². The first kappa shape index (κ1) is 14.6. The highest BCUT2D eigenvalue weighted by Gasteiger charge is 2.29. The molecule has 5 nitrogen and oxygen atoms in total. The Balaban J connectivity index is 1.94. The number of nitrogens with one attached hydrogen (secondary N) is 1. The summed E-state index contributed by atoms with van der Waals surface area (Å²) in [5, 5.41) is 3.86. The summed E-state index contributed by atoms with van der Waals surface area (Å²) in [6, 6.07) is 7.54. The average molecular weight is 299 g/mol. The molecule has 2 aromatic rings. The number of aryl methyl sites for hydroxylation is 1. The SMILES string of the molecule is CCCCn1c(C(N)=O)cc2cc(NC(=O)C3CC3)ccc21. The van der Waals surface area contributed by atoms with Crippen molar-refractivity contribution in [1.29, 1.82) is 0 Å². The fraction of sp³-hybridized carbons (Fsp3) is 0.412. The van der Waals surface area contributed by atoms with Gasteiger partial charge in [0.1, 0.15) is 5.69 Å². The van der Waals surface area contributed by atoms with Crippen LogP contribution in [0, 0.1) is 5.92 Å². The van der Waals surface area contributed by atoms with Gasteiger partial charge in [-0.1, -0.05) is 13.3 Å². The van der Waals surface area contributed by atoms with E-state index in [2.05, 4.69) is 12.2 Å². The third kappa shape index (κ3) is 2.84. The second-order valence-electron chi connectivity index (χ2n) is 5.94. The van der Waals surface area contributed by atoms with Gasteiger partial charge in [0.15, 0.2) is 0 Å². The molecule has 1 aliphatic rings. The van der Waals surface area contributed by atoms with Crippen LogP contribution in [0.5, 0.6) is 0 Å². The number of fused-ring (bicyclic) bond motifs is 1. The van der Waals surface area contributed by atoms with Crippen molar-refractivity contribution in [2.24, 2.45) is 11.7 Å². The van der Waals surface area contributed by atoms with Crippen LogP contribution in [0.25, 0.3) is 10.9 Å². The number of amides is 2. The summed E-state index contributed by atoms with van der Waals surface area (Å²) in [6.07, 6.45) is 4.00. The van der Waals surface area contributed by atoms with Crippen LogP contribution in [0.2, 0.25) is 0 Å². The van der Waals surface area contributed by atoms with Gasteiger partial charge >= 0.3 is 0 Å². The summed E-state index contributed by atoms with van der Waals surface area (Å²) in [4.78, 5) is 23.5. The molecule has 0 saturated heterocycles. The van der Waals surface area contributed by atoms with Crippen molar-refractivity contribution >= 4 is 28.4 Å². The molecule has 116 valence electrons. The van der Waals surface area contributed by atoms with Gasteiger partial charge in [-0.3, -0.25) is 9.59 Å². The molecule has 0 radical (unpaired) electrons. The molecule has 22 heavy (non-hydrogen) atoms. The zero-order valence-electron chi connectivity index (χ0n) is 12.8. The van der Waals surface area contributed by atoms with Gasteiger partial charge in [0.05, 0.1) is 0 Å². The summed E-state index contributed by atoms with van der Waals surface area (Å²) in [6.45, 7) is 2.88. The number of benzene rings is 1. The molecule has 3 rings (SSSR count). The number of rotatable bonds is 6. The summed E-state index contributed by atoms with van der Waals surface area (Å²) < 4.78 is 1.97. The van der Waals surface area contributed by atoms with Crippen molar-refractivity contribution in [3.63, 3.8) is 0 Å². The lowest BCUT2D eigenvalue weighted by Gasteiger charge is -2.09. The third-order valence-corrected chi connectivity index (χ3v) is 4.10. The standard InChI is InChI=1S/C17H21N3O2/c1-2-3-8-20-14-7-6-13(19-17(22)11-4-5-11)9-12(14)10-15(20)16(18)21/h6-7,9-11H,2-5,8H2,1H3,(H2,18,21)(H,19,22). The number of aromatic nitrogens is 1. The Morgan fingerprint density at radius 1 is 1.32 bits per heavy atom. The number of hydrogen-bond donors (Lipinski definition) is 2. The topological polar surface area (TPSA) is 77.1 Å². The first-order valence-electron chi connectivity index (χ1n) is 7.84. The second kappa shape index (κ2) is 5.83. The Labute approximate surface area is 129 Å². The highest BCUT2D eigenvalue weighted by molar-refractivity contribution is 6.00. The zero-order chi connectivity index (χ0) is 15.7. The number of carbonyl (C=O) groups excluding carboxylic acids is 2. The van der Waals surface area contributed by atoms with Crippen molar-refractivity contribution in [1.82, 2.24) is 4.57 Å². The summed E-state index contributed by atoms with van der Waals surface area (Å²) in [7, 11) is 0. The Morgan fingerprint density at radius 3 is 2.73 bits per heavy atom. The molecule has 1 aliphatic carbocycles. The third-order valence-electron chi connectivity index (χ3n) is 4.10. The molecule has 0 bridgehead atoms. The van der Waals surface area contributed by atoms with E-state index < -0.39 is 5.91 Å². The largest absolute Gasteiger partial charge is 0.364 e. The van der Waals surface area contributed by atoms with E-state index in [1.165, 1.54) is 0 Å². The lowest BCUT2D eigenvalue weighted by atomic mass is 10.2. The van der Waals surface area contributed by atoms with E-state index in [0.717, 1.165) is 48.8 Å². The molecule has 1 fully saturated rings. The minimum Gasteiger partial charge on any atom is -0.364 e. The van der Waals surface area contributed by atoms with Gasteiger partial charge in [0, 0.05) is 29.1 Å². The Hall–Kier alpha value is -2.30. The lowest BCUT2D eigenvalue weighted by Crippen LogP contribution is -2.16. The van der Waals surface area contributed by atoms with Crippen LogP contribution in [-0.2, 0) is 11.3 Å². The molecule has 0 spiro atoms. The van der Waals surface area contributed by atoms with E-state index in [0.29, 0.717) is 5.69 Å². The Bertz CT molecular complexity index is 729. The van der Waals surface area contributed by atoms with Crippen LogP contribution < -0.4 is 11.1 Å². The summed E-state index contributed by atoms with van der Waals surface area (Å²) >= 11 is 0. The van der Waals surface area contributed by atoms with Crippen LogP contribution in [0.1, 0.15) is 43.1 Å². The normalized spacial score (nSPS) is 14.2. The highest BCUT2D eigenvalue weighted by atomic mass is 16.2. The van der Waals surface area contributed by atoms with Crippen LogP contribution in [0.15, 0.2) is 24.3 Å². The molecule has 2 amide bonds. The molecule has 3 N–H and O–H groups in total. The fourth-order valence-corrected chi connectivity index (χ4v) is 2.70. The van der Waals surface area contributed by atoms with Crippen molar-refractivity contribution in [2.45, 2.75) is 39.2 Å². The predicted molar refractivity (Wildman–Crippen MR) is 86.7 cm³/mol. The first-order valence-corrected chi connectivity index (χ1v) is 7.84. The van der Waals surface area contributed by atoms with Crippen molar-refractivity contribution in [2.75, 3.05) is 5.32 Å². The maximum atomic E-state index is 11.8. The number of primary amides is 1. The number of unbranched alkanes of at least 4 members (excludes halogenated alkanes) is 1. The van der Waals surface area contributed by atoms with Crippen LogP contribution in [-0.4, -0.2) is 16.4 Å². The van der Waals surface area contributed by atoms with Crippen LogP contribution in [0.3, 0.4) is 0 Å². The summed E-state index contributed by atoms with van der Waals surface area (Å²) in [5.74, 6) is -0.165. The van der Waals surface area contributed by atoms with Crippen LogP contribution in [0.4, 0.5) is 5.69 Å². The number of nitrogens with two attached hydrogens (primary N) is 1. The molecule has 0 unspecified atom stereocenters. The van der Waals surface area contributed by atoms with E-state index in [1.807, 2.05) is 22.8 Å². The monoisotopic (exact) mass is 299 g/mol. The van der Waals surface area contributed by atoms with Gasteiger partial charge in [-0.2, -0.15) is 0 Å². The van der Waals surface area contributed by atoms with Gasteiger partial charge in [0.25, 0.3) is 5.91 Å². The van der Waals surface area contributed by atoms with E-state index in [-0.39, 0.29) is 11.8 Å². The fourth-order valence-electron chi connectivity index (χ4n) is 2.70. The van der Waals surface area contributed by atoms with E-state index in [1.54, 1.807) is 6.07 Å². The maximum absolute atomic E-state index is 11.8. The smallest absolute Gasteiger partial charge is 0.265 e. The number of hydrogen-bond acceptors (Lipinski definition) is 2. The number of nitrogens with zero attached hydrogens (tertiary/aromatic N) is 1.